The molecule has 4 heteroatoms. The summed E-state index contributed by atoms with van der Waals surface area (Å²) in [4.78, 5) is 17.4. The molecular formula is C18H16N2OS. The predicted molar refractivity (Wildman–Crippen MR) is 93.2 cm³/mol. The molecule has 1 amide bonds. The van der Waals surface area contributed by atoms with E-state index >= 15 is 0 Å². The Morgan fingerprint density at radius 2 is 1.91 bits per heavy atom. The fourth-order valence-corrected chi connectivity index (χ4v) is 3.05. The van der Waals surface area contributed by atoms with Crippen LogP contribution in [0.25, 0.3) is 16.8 Å². The molecule has 1 heterocycles. The number of hydrogen-bond donors (Lipinski definition) is 1. The van der Waals surface area contributed by atoms with Gasteiger partial charge < -0.3 is 0 Å². The molecule has 0 saturated carbocycles. The maximum absolute atomic E-state index is 12.0. The lowest BCUT2D eigenvalue weighted by Gasteiger charge is -2.01. The van der Waals surface area contributed by atoms with Gasteiger partial charge in [-0.15, -0.1) is 11.3 Å². The molecule has 3 nitrogen and oxygen atoms in total. The highest BCUT2D eigenvalue weighted by atomic mass is 32.1. The van der Waals surface area contributed by atoms with Crippen LogP contribution in [0.15, 0.2) is 48.5 Å². The first-order valence-corrected chi connectivity index (χ1v) is 7.86. The molecule has 2 aromatic carbocycles. The summed E-state index contributed by atoms with van der Waals surface area (Å²) in [5.41, 5.74) is 1.98. The number of anilines is 1. The van der Waals surface area contributed by atoms with Gasteiger partial charge in [0, 0.05) is 11.0 Å². The normalized spacial score (nSPS) is 11.2. The Morgan fingerprint density at radius 1 is 1.14 bits per heavy atom. The second kappa shape index (κ2) is 6.12. The summed E-state index contributed by atoms with van der Waals surface area (Å²) >= 11 is 1.49. The van der Waals surface area contributed by atoms with Crippen molar-refractivity contribution >= 4 is 39.2 Å². The van der Waals surface area contributed by atoms with Gasteiger partial charge in [0.25, 0.3) is 0 Å². The van der Waals surface area contributed by atoms with E-state index in [9.17, 15) is 4.79 Å². The molecular weight excluding hydrogens is 292 g/mol. The Kier molecular flexibility index (Phi) is 4.02. The topological polar surface area (TPSA) is 42.0 Å². The zero-order valence-electron chi connectivity index (χ0n) is 12.5. The van der Waals surface area contributed by atoms with Gasteiger partial charge in [-0.3, -0.25) is 10.1 Å². The van der Waals surface area contributed by atoms with E-state index in [1.54, 1.807) is 6.08 Å². The molecule has 0 fully saturated rings. The highest BCUT2D eigenvalue weighted by Crippen LogP contribution is 2.22. The molecule has 0 aliphatic rings. The predicted octanol–water partition coefficient (Wildman–Crippen LogP) is 4.57. The van der Waals surface area contributed by atoms with E-state index < -0.39 is 0 Å². The number of aromatic nitrogens is 1. The summed E-state index contributed by atoms with van der Waals surface area (Å²) < 4.78 is 0. The molecule has 0 radical (unpaired) electrons. The summed E-state index contributed by atoms with van der Waals surface area (Å²) in [6, 6.07) is 14.2. The third-order valence-electron chi connectivity index (χ3n) is 3.50. The van der Waals surface area contributed by atoms with Crippen LogP contribution in [0.2, 0.25) is 0 Å². The summed E-state index contributed by atoms with van der Waals surface area (Å²) in [5, 5.41) is 5.74. The quantitative estimate of drug-likeness (QED) is 0.720. The fourth-order valence-electron chi connectivity index (χ4n) is 2.23. The van der Waals surface area contributed by atoms with Gasteiger partial charge >= 0.3 is 0 Å². The molecule has 3 rings (SSSR count). The van der Waals surface area contributed by atoms with Gasteiger partial charge in [-0.1, -0.05) is 42.5 Å². The standard InChI is InChI=1S/C18H16N2OS/c1-12-13(2)22-18(19-12)20-17(21)11-10-15-8-5-7-14-6-3-4-9-16(14)15/h3-11H,1-2H3,(H,19,20,21)/b11-10+. The van der Waals surface area contributed by atoms with Crippen molar-refractivity contribution in [3.05, 3.63) is 64.7 Å². The van der Waals surface area contributed by atoms with Crippen LogP contribution >= 0.6 is 11.3 Å². The van der Waals surface area contributed by atoms with Crippen LogP contribution in [0.3, 0.4) is 0 Å². The third kappa shape index (κ3) is 3.07. The van der Waals surface area contributed by atoms with Crippen molar-refractivity contribution < 1.29 is 4.79 Å². The zero-order valence-corrected chi connectivity index (χ0v) is 13.3. The number of benzene rings is 2. The lowest BCUT2D eigenvalue weighted by Crippen LogP contribution is -2.07. The average Bonchev–Trinajstić information content (AvgIpc) is 2.83. The van der Waals surface area contributed by atoms with Gasteiger partial charge in [-0.25, -0.2) is 4.98 Å². The lowest BCUT2D eigenvalue weighted by atomic mass is 10.0. The number of rotatable bonds is 3. The number of thiazole rings is 1. The van der Waals surface area contributed by atoms with Crippen molar-refractivity contribution in [3.63, 3.8) is 0 Å². The second-order valence-electron chi connectivity index (χ2n) is 5.05. The van der Waals surface area contributed by atoms with Crippen molar-refractivity contribution in [3.8, 4) is 0 Å². The van der Waals surface area contributed by atoms with Crippen LogP contribution in [-0.2, 0) is 4.79 Å². The molecule has 0 unspecified atom stereocenters. The van der Waals surface area contributed by atoms with Crippen LogP contribution < -0.4 is 5.32 Å². The molecule has 0 aliphatic heterocycles. The molecule has 0 atom stereocenters. The van der Waals surface area contributed by atoms with Crippen molar-refractivity contribution in [1.82, 2.24) is 4.98 Å². The largest absolute Gasteiger partial charge is 0.298 e. The van der Waals surface area contributed by atoms with Crippen molar-refractivity contribution in [2.45, 2.75) is 13.8 Å². The van der Waals surface area contributed by atoms with E-state index in [4.69, 9.17) is 0 Å². The Hall–Kier alpha value is -2.46. The van der Waals surface area contributed by atoms with E-state index in [1.807, 2.05) is 44.2 Å². The minimum Gasteiger partial charge on any atom is -0.298 e. The Labute approximate surface area is 133 Å². The third-order valence-corrected chi connectivity index (χ3v) is 4.48. The van der Waals surface area contributed by atoms with E-state index in [2.05, 4.69) is 28.5 Å². The fraction of sp³-hybridized carbons (Fsp3) is 0.111. The first-order valence-electron chi connectivity index (χ1n) is 7.04. The number of hydrogen-bond acceptors (Lipinski definition) is 3. The van der Waals surface area contributed by atoms with E-state index in [1.165, 1.54) is 11.3 Å². The van der Waals surface area contributed by atoms with Gasteiger partial charge in [0.2, 0.25) is 5.91 Å². The second-order valence-corrected chi connectivity index (χ2v) is 6.25. The Morgan fingerprint density at radius 3 is 2.68 bits per heavy atom. The van der Waals surface area contributed by atoms with Gasteiger partial charge in [0.15, 0.2) is 5.13 Å². The SMILES string of the molecule is Cc1nc(NC(=O)/C=C/c2cccc3ccccc23)sc1C. The number of carbonyl (C=O) groups excluding carboxylic acids is 1. The molecule has 110 valence electrons. The first kappa shape index (κ1) is 14.5. The average molecular weight is 308 g/mol. The monoisotopic (exact) mass is 308 g/mol. The maximum Gasteiger partial charge on any atom is 0.250 e. The molecule has 3 aromatic rings. The smallest absolute Gasteiger partial charge is 0.250 e. The zero-order chi connectivity index (χ0) is 15.5. The number of carbonyl (C=O) groups is 1. The molecule has 0 saturated heterocycles. The van der Waals surface area contributed by atoms with Gasteiger partial charge in [-0.2, -0.15) is 0 Å². The van der Waals surface area contributed by atoms with Crippen LogP contribution in [0.4, 0.5) is 5.13 Å². The molecule has 0 aliphatic carbocycles. The number of fused-ring (bicyclic) bond motifs is 1. The lowest BCUT2D eigenvalue weighted by molar-refractivity contribution is -0.111. The molecule has 22 heavy (non-hydrogen) atoms. The van der Waals surface area contributed by atoms with Crippen molar-refractivity contribution in [2.24, 2.45) is 0 Å². The van der Waals surface area contributed by atoms with Crippen LogP contribution in [-0.4, -0.2) is 10.9 Å². The van der Waals surface area contributed by atoms with Crippen LogP contribution in [0, 0.1) is 13.8 Å². The number of amides is 1. The van der Waals surface area contributed by atoms with Crippen molar-refractivity contribution in [2.75, 3.05) is 5.32 Å². The molecule has 1 aromatic heterocycles. The summed E-state index contributed by atoms with van der Waals surface area (Å²) in [6.07, 6.45) is 3.39. The summed E-state index contributed by atoms with van der Waals surface area (Å²) in [7, 11) is 0. The van der Waals surface area contributed by atoms with Crippen LogP contribution in [0.5, 0.6) is 0 Å². The minimum atomic E-state index is -0.165. The number of nitrogens with zero attached hydrogens (tertiary/aromatic N) is 1. The Bertz CT molecular complexity index is 840. The number of aryl methyl sites for hydroxylation is 2. The van der Waals surface area contributed by atoms with E-state index in [-0.39, 0.29) is 5.91 Å². The summed E-state index contributed by atoms with van der Waals surface area (Å²) in [6.45, 7) is 3.93. The van der Waals surface area contributed by atoms with Crippen LogP contribution in [0.1, 0.15) is 16.1 Å². The van der Waals surface area contributed by atoms with Gasteiger partial charge in [-0.05, 0) is 36.3 Å². The first-order chi connectivity index (χ1) is 10.6. The Balaban J connectivity index is 1.79. The van der Waals surface area contributed by atoms with E-state index in [0.717, 1.165) is 26.9 Å². The summed E-state index contributed by atoms with van der Waals surface area (Å²) in [5.74, 6) is -0.165. The highest BCUT2D eigenvalue weighted by molar-refractivity contribution is 7.15. The number of nitrogens with one attached hydrogen (secondary N) is 1. The highest BCUT2D eigenvalue weighted by Gasteiger charge is 2.05. The van der Waals surface area contributed by atoms with Gasteiger partial charge in [0.1, 0.15) is 0 Å². The van der Waals surface area contributed by atoms with E-state index in [0.29, 0.717) is 5.13 Å². The molecule has 1 N–H and O–H groups in total. The van der Waals surface area contributed by atoms with Crippen molar-refractivity contribution in [1.29, 1.82) is 0 Å². The maximum atomic E-state index is 12.0. The minimum absolute atomic E-state index is 0.165. The molecule has 0 bridgehead atoms. The molecule has 0 spiro atoms. The van der Waals surface area contributed by atoms with Gasteiger partial charge in [0.05, 0.1) is 5.69 Å².